The lowest BCUT2D eigenvalue weighted by molar-refractivity contribution is -0.707. The molecule has 0 aliphatic carbocycles. The molecule has 39 heavy (non-hydrogen) atoms. The number of quaternary nitrogens is 1. The molecule has 7 nitrogen and oxygen atoms in total. The SMILES string of the molecule is O=C(Nc1ccc(Oc2ccccc2)cc1)O[C@@H]1CO[C@H]2[C@@H]1OC[C@@H]2[NH2+]Cc1ccc(-c2ccccc2)cc1. The number of fused-ring (bicyclic) bond motifs is 1. The number of ether oxygens (including phenoxy) is 4. The molecule has 1 amide bonds. The van der Waals surface area contributed by atoms with Crippen molar-refractivity contribution in [2.75, 3.05) is 18.5 Å². The first-order chi connectivity index (χ1) is 19.2. The molecule has 0 radical (unpaired) electrons. The molecule has 7 heteroatoms. The highest BCUT2D eigenvalue weighted by Crippen LogP contribution is 2.28. The number of hydrogen-bond acceptors (Lipinski definition) is 5. The fourth-order valence-corrected chi connectivity index (χ4v) is 5.06. The van der Waals surface area contributed by atoms with Crippen LogP contribution in [-0.2, 0) is 20.8 Å². The van der Waals surface area contributed by atoms with Gasteiger partial charge in [-0.05, 0) is 47.5 Å². The molecule has 6 rings (SSSR count). The molecule has 4 atom stereocenters. The number of rotatable bonds is 8. The number of carbonyl (C=O) groups excluding carboxylic acids is 1. The first-order valence-corrected chi connectivity index (χ1v) is 13.2. The first kappa shape index (κ1) is 25.1. The molecule has 0 unspecified atom stereocenters. The summed E-state index contributed by atoms with van der Waals surface area (Å²) < 4.78 is 23.5. The second-order valence-electron chi connectivity index (χ2n) is 9.77. The molecular weight excluding hydrogens is 492 g/mol. The summed E-state index contributed by atoms with van der Waals surface area (Å²) in [7, 11) is 0. The maximum Gasteiger partial charge on any atom is 0.412 e. The first-order valence-electron chi connectivity index (χ1n) is 13.2. The second kappa shape index (κ2) is 11.7. The van der Waals surface area contributed by atoms with Crippen LogP contribution in [0.3, 0.4) is 0 Å². The summed E-state index contributed by atoms with van der Waals surface area (Å²) in [5.74, 6) is 1.43. The van der Waals surface area contributed by atoms with Crippen LogP contribution in [0, 0.1) is 0 Å². The summed E-state index contributed by atoms with van der Waals surface area (Å²) in [6.07, 6.45) is -1.35. The average Bonchev–Trinajstić information content (AvgIpc) is 3.57. The molecular formula is C32H31N2O5+. The molecule has 2 aliphatic heterocycles. The van der Waals surface area contributed by atoms with Crippen LogP contribution in [0.4, 0.5) is 10.5 Å². The van der Waals surface area contributed by atoms with Crippen LogP contribution in [0.25, 0.3) is 11.1 Å². The van der Waals surface area contributed by atoms with Crippen LogP contribution in [0.5, 0.6) is 11.5 Å². The van der Waals surface area contributed by atoms with Gasteiger partial charge in [0.15, 0.2) is 6.10 Å². The predicted molar refractivity (Wildman–Crippen MR) is 148 cm³/mol. The van der Waals surface area contributed by atoms with E-state index in [1.165, 1.54) is 16.7 Å². The van der Waals surface area contributed by atoms with Crippen molar-refractivity contribution in [1.29, 1.82) is 0 Å². The van der Waals surface area contributed by atoms with E-state index in [2.05, 4.69) is 59.2 Å². The monoisotopic (exact) mass is 523 g/mol. The molecule has 0 spiro atoms. The van der Waals surface area contributed by atoms with Crippen LogP contribution >= 0.6 is 0 Å². The van der Waals surface area contributed by atoms with Gasteiger partial charge in [-0.3, -0.25) is 5.32 Å². The summed E-state index contributed by atoms with van der Waals surface area (Å²) in [5, 5.41) is 5.03. The third kappa shape index (κ3) is 6.12. The van der Waals surface area contributed by atoms with E-state index in [1.54, 1.807) is 24.3 Å². The number of nitrogens with one attached hydrogen (secondary N) is 1. The highest BCUT2D eigenvalue weighted by Gasteiger charge is 2.51. The number of nitrogens with two attached hydrogens (primary N) is 1. The minimum absolute atomic E-state index is 0.110. The van der Waals surface area contributed by atoms with Crippen molar-refractivity contribution >= 4 is 11.8 Å². The molecule has 2 saturated heterocycles. The Labute approximate surface area is 227 Å². The number of para-hydroxylation sites is 1. The maximum absolute atomic E-state index is 12.6. The highest BCUT2D eigenvalue weighted by molar-refractivity contribution is 5.84. The minimum Gasteiger partial charge on any atom is -0.457 e. The Bertz CT molecular complexity index is 1360. The Morgan fingerprint density at radius 1 is 0.744 bits per heavy atom. The molecule has 2 fully saturated rings. The molecule has 3 N–H and O–H groups in total. The number of anilines is 1. The summed E-state index contributed by atoms with van der Waals surface area (Å²) in [5.41, 5.74) is 4.28. The van der Waals surface area contributed by atoms with Gasteiger partial charge in [-0.1, -0.05) is 72.8 Å². The fraction of sp³-hybridized carbons (Fsp3) is 0.219. The van der Waals surface area contributed by atoms with Crippen molar-refractivity contribution in [2.45, 2.75) is 30.9 Å². The fourth-order valence-electron chi connectivity index (χ4n) is 5.06. The minimum atomic E-state index is -0.532. The summed E-state index contributed by atoms with van der Waals surface area (Å²) in [6, 6.07) is 35.8. The molecule has 4 aromatic rings. The van der Waals surface area contributed by atoms with Crippen LogP contribution in [0.15, 0.2) is 109 Å². The van der Waals surface area contributed by atoms with Crippen LogP contribution < -0.4 is 15.4 Å². The predicted octanol–water partition coefficient (Wildman–Crippen LogP) is 4.99. The lowest BCUT2D eigenvalue weighted by Gasteiger charge is -2.17. The quantitative estimate of drug-likeness (QED) is 0.340. The van der Waals surface area contributed by atoms with Gasteiger partial charge < -0.3 is 24.3 Å². The van der Waals surface area contributed by atoms with Gasteiger partial charge in [-0.2, -0.15) is 0 Å². The van der Waals surface area contributed by atoms with Crippen LogP contribution in [0.2, 0.25) is 0 Å². The maximum atomic E-state index is 12.6. The highest BCUT2D eigenvalue weighted by atomic mass is 16.6. The zero-order valence-electron chi connectivity index (χ0n) is 21.4. The van der Waals surface area contributed by atoms with Crippen LogP contribution in [-0.4, -0.2) is 43.7 Å². The van der Waals surface area contributed by atoms with E-state index in [0.29, 0.717) is 24.7 Å². The van der Waals surface area contributed by atoms with E-state index in [-0.39, 0.29) is 18.2 Å². The van der Waals surface area contributed by atoms with Gasteiger partial charge in [0.2, 0.25) is 0 Å². The van der Waals surface area contributed by atoms with Gasteiger partial charge >= 0.3 is 6.09 Å². The van der Waals surface area contributed by atoms with E-state index >= 15 is 0 Å². The Hall–Kier alpha value is -4.17. The van der Waals surface area contributed by atoms with Gasteiger partial charge in [0, 0.05) is 11.3 Å². The molecule has 198 valence electrons. The summed E-state index contributed by atoms with van der Waals surface area (Å²) in [6.45, 7) is 1.70. The van der Waals surface area contributed by atoms with E-state index < -0.39 is 12.2 Å². The largest absolute Gasteiger partial charge is 0.457 e. The summed E-state index contributed by atoms with van der Waals surface area (Å²) >= 11 is 0. The number of hydrogen-bond donors (Lipinski definition) is 2. The van der Waals surface area contributed by atoms with Crippen molar-refractivity contribution in [3.05, 3.63) is 115 Å². The topological polar surface area (TPSA) is 82.6 Å². The molecule has 2 heterocycles. The second-order valence-corrected chi connectivity index (χ2v) is 9.77. The average molecular weight is 524 g/mol. The van der Waals surface area contributed by atoms with E-state index in [0.717, 1.165) is 12.3 Å². The Morgan fingerprint density at radius 3 is 2.13 bits per heavy atom. The van der Waals surface area contributed by atoms with Crippen molar-refractivity contribution in [3.8, 4) is 22.6 Å². The number of carbonyl (C=O) groups is 1. The Balaban J connectivity index is 0.968. The zero-order valence-corrected chi connectivity index (χ0v) is 21.4. The summed E-state index contributed by atoms with van der Waals surface area (Å²) in [4.78, 5) is 12.6. The number of amides is 1. The van der Waals surface area contributed by atoms with E-state index in [1.807, 2.05) is 36.4 Å². The molecule has 0 saturated carbocycles. The van der Waals surface area contributed by atoms with Gasteiger partial charge in [-0.15, -0.1) is 0 Å². The lowest BCUT2D eigenvalue weighted by Crippen LogP contribution is -2.91. The van der Waals surface area contributed by atoms with Crippen molar-refractivity contribution in [1.82, 2.24) is 0 Å². The van der Waals surface area contributed by atoms with Gasteiger partial charge in [0.25, 0.3) is 0 Å². The van der Waals surface area contributed by atoms with Gasteiger partial charge in [0.1, 0.15) is 42.9 Å². The van der Waals surface area contributed by atoms with Crippen LogP contribution in [0.1, 0.15) is 5.56 Å². The Morgan fingerprint density at radius 2 is 1.38 bits per heavy atom. The standard InChI is InChI=1S/C32H30N2O5/c35-32(34-25-15-17-27(18-16-25)38-26-9-5-2-6-10-26)39-29-21-37-30-28(20-36-31(29)30)33-19-22-11-13-24(14-12-22)23-7-3-1-4-8-23/h1-18,28-31,33H,19-21H2,(H,34,35)/p+1/t28-,29+,30+,31+/m0/s1. The third-order valence-corrected chi connectivity index (χ3v) is 7.10. The molecule has 2 aliphatic rings. The smallest absolute Gasteiger partial charge is 0.412 e. The molecule has 4 aromatic carbocycles. The normalized spacial score (nSPS) is 21.7. The molecule has 0 aromatic heterocycles. The van der Waals surface area contributed by atoms with E-state index in [4.69, 9.17) is 18.9 Å². The van der Waals surface area contributed by atoms with E-state index in [9.17, 15) is 4.79 Å². The zero-order chi connectivity index (χ0) is 26.4. The van der Waals surface area contributed by atoms with Gasteiger partial charge in [0.05, 0.1) is 6.61 Å². The van der Waals surface area contributed by atoms with Crippen molar-refractivity contribution in [2.24, 2.45) is 0 Å². The molecule has 0 bridgehead atoms. The van der Waals surface area contributed by atoms with Crippen molar-refractivity contribution < 1.29 is 29.1 Å². The van der Waals surface area contributed by atoms with Crippen molar-refractivity contribution in [3.63, 3.8) is 0 Å². The number of benzene rings is 4. The Kier molecular flexibility index (Phi) is 7.54. The third-order valence-electron chi connectivity index (χ3n) is 7.10. The van der Waals surface area contributed by atoms with Gasteiger partial charge in [-0.25, -0.2) is 4.79 Å². The lowest BCUT2D eigenvalue weighted by atomic mass is 10.0.